The number of aliphatic imine (C=N–C) groups is 2. The molecule has 0 radical (unpaired) electrons. The minimum atomic E-state index is -0.412. The van der Waals surface area contributed by atoms with Crippen molar-refractivity contribution in [3.63, 3.8) is 0 Å². The van der Waals surface area contributed by atoms with E-state index >= 15 is 0 Å². The van der Waals surface area contributed by atoms with E-state index in [4.69, 9.17) is 10.4 Å². The minimum Gasteiger partial charge on any atom is -0.370 e. The van der Waals surface area contributed by atoms with Crippen molar-refractivity contribution in [2.75, 3.05) is 12.3 Å². The number of hydroxylamine groups is 1. The third kappa shape index (κ3) is 6.41. The predicted molar refractivity (Wildman–Crippen MR) is 117 cm³/mol. The normalized spacial score (nSPS) is 16.0. The van der Waals surface area contributed by atoms with Crippen LogP contribution in [0.5, 0.6) is 0 Å². The summed E-state index contributed by atoms with van der Waals surface area (Å²) in [6.07, 6.45) is 5.98. The third-order valence-electron chi connectivity index (χ3n) is 4.50. The minimum absolute atomic E-state index is 0.0271. The fourth-order valence-electron chi connectivity index (χ4n) is 3.04. The van der Waals surface area contributed by atoms with E-state index in [1.165, 1.54) is 49.2 Å². The molecule has 1 aromatic carbocycles. The van der Waals surface area contributed by atoms with Crippen molar-refractivity contribution >= 4 is 45.2 Å². The Morgan fingerprint density at radius 1 is 1.33 bits per heavy atom. The van der Waals surface area contributed by atoms with Crippen LogP contribution in [-0.4, -0.2) is 45.7 Å². The van der Waals surface area contributed by atoms with Crippen LogP contribution in [0.3, 0.4) is 0 Å². The zero-order chi connectivity index (χ0) is 21.3. The first-order valence-corrected chi connectivity index (χ1v) is 11.3. The van der Waals surface area contributed by atoms with E-state index in [-0.39, 0.29) is 16.0 Å². The quantitative estimate of drug-likeness (QED) is 0.150. The lowest BCUT2D eigenvalue weighted by Gasteiger charge is -2.23. The summed E-state index contributed by atoms with van der Waals surface area (Å²) in [5.74, 6) is 0.640. The van der Waals surface area contributed by atoms with E-state index < -0.39 is 5.82 Å². The standard InChI is InChI=1S/C18H23BrFN7O2S/c19-13-10-12(6-7-14(13)20)23-16(25-28)15-17(27-29-26-15)30-9-8-22-18(21)24-11-4-2-1-3-5-11/h6-7,10-11,28H,1-5,8-9H2,(H,23,25)(H3,21,22,24). The molecule has 162 valence electrons. The number of nitrogens with two attached hydrogens (primary N) is 1. The van der Waals surface area contributed by atoms with Gasteiger partial charge in [-0.2, -0.15) is 0 Å². The number of amidine groups is 1. The van der Waals surface area contributed by atoms with Crippen molar-refractivity contribution in [3.8, 4) is 0 Å². The molecular weight excluding hydrogens is 477 g/mol. The summed E-state index contributed by atoms with van der Waals surface area (Å²) in [7, 11) is 0. The van der Waals surface area contributed by atoms with E-state index in [1.54, 1.807) is 0 Å². The predicted octanol–water partition coefficient (Wildman–Crippen LogP) is 3.36. The van der Waals surface area contributed by atoms with Gasteiger partial charge >= 0.3 is 0 Å². The lowest BCUT2D eigenvalue weighted by Crippen LogP contribution is -2.41. The Kier molecular flexibility index (Phi) is 8.46. The molecule has 0 saturated heterocycles. The number of rotatable bonds is 7. The number of thioether (sulfide) groups is 1. The molecular formula is C18H23BrFN7O2S. The number of nitrogens with zero attached hydrogens (tertiary/aromatic N) is 4. The Morgan fingerprint density at radius 3 is 2.87 bits per heavy atom. The largest absolute Gasteiger partial charge is 0.370 e. The number of aromatic nitrogens is 2. The summed E-state index contributed by atoms with van der Waals surface area (Å²) in [6.45, 7) is 0.479. The number of benzene rings is 1. The van der Waals surface area contributed by atoms with Gasteiger partial charge in [0.15, 0.2) is 22.5 Å². The van der Waals surface area contributed by atoms with Crippen molar-refractivity contribution in [1.82, 2.24) is 21.1 Å². The van der Waals surface area contributed by atoms with Gasteiger partial charge in [0.25, 0.3) is 0 Å². The molecule has 12 heteroatoms. The first-order valence-electron chi connectivity index (χ1n) is 9.53. The smallest absolute Gasteiger partial charge is 0.188 e. The lowest BCUT2D eigenvalue weighted by atomic mass is 9.96. The maximum absolute atomic E-state index is 13.4. The molecule has 1 saturated carbocycles. The van der Waals surface area contributed by atoms with Crippen molar-refractivity contribution < 1.29 is 14.2 Å². The topological polar surface area (TPSA) is 134 Å². The number of halogens is 2. The van der Waals surface area contributed by atoms with Gasteiger partial charge in [0.05, 0.1) is 16.7 Å². The molecule has 0 amide bonds. The van der Waals surface area contributed by atoms with Gasteiger partial charge in [-0.25, -0.2) is 14.0 Å². The van der Waals surface area contributed by atoms with Crippen molar-refractivity contribution in [1.29, 1.82) is 0 Å². The molecule has 1 aliphatic rings. The monoisotopic (exact) mass is 499 g/mol. The van der Waals surface area contributed by atoms with Crippen LogP contribution in [-0.2, 0) is 0 Å². The van der Waals surface area contributed by atoms with E-state index in [9.17, 15) is 9.60 Å². The van der Waals surface area contributed by atoms with Crippen molar-refractivity contribution in [2.45, 2.75) is 43.2 Å². The first-order chi connectivity index (χ1) is 14.6. The van der Waals surface area contributed by atoms with Crippen LogP contribution in [0.1, 0.15) is 37.8 Å². The molecule has 0 bridgehead atoms. The molecule has 0 spiro atoms. The highest BCUT2D eigenvalue weighted by atomic mass is 79.9. The molecule has 1 aromatic heterocycles. The molecule has 1 heterocycles. The number of guanidine groups is 1. The fourth-order valence-corrected chi connectivity index (χ4v) is 4.14. The van der Waals surface area contributed by atoms with Crippen LogP contribution in [0.4, 0.5) is 10.1 Å². The number of nitrogens with one attached hydrogen (secondary N) is 2. The summed E-state index contributed by atoms with van der Waals surface area (Å²) >= 11 is 4.44. The first kappa shape index (κ1) is 22.5. The Balaban J connectivity index is 1.58. The molecule has 0 atom stereocenters. The van der Waals surface area contributed by atoms with E-state index in [0.29, 0.717) is 35.0 Å². The zero-order valence-electron chi connectivity index (χ0n) is 16.1. The van der Waals surface area contributed by atoms with E-state index in [1.807, 2.05) is 5.48 Å². The second kappa shape index (κ2) is 11.3. The van der Waals surface area contributed by atoms with Crippen molar-refractivity contribution in [2.24, 2.45) is 15.7 Å². The molecule has 1 aliphatic carbocycles. The van der Waals surface area contributed by atoms with Crippen LogP contribution >= 0.6 is 27.7 Å². The maximum atomic E-state index is 13.4. The molecule has 0 aliphatic heterocycles. The van der Waals surface area contributed by atoms with Gasteiger partial charge < -0.3 is 11.1 Å². The Hall–Kier alpha value is -2.18. The van der Waals surface area contributed by atoms with Gasteiger partial charge in [-0.15, -0.1) is 0 Å². The number of hydrogen-bond acceptors (Lipinski definition) is 7. The second-order valence-corrected chi connectivity index (χ2v) is 8.62. The van der Waals surface area contributed by atoms with Crippen LogP contribution in [0.15, 0.2) is 42.3 Å². The molecule has 5 N–H and O–H groups in total. The summed E-state index contributed by atoms with van der Waals surface area (Å²) in [5.41, 5.74) is 8.60. The van der Waals surface area contributed by atoms with Gasteiger partial charge in [-0.3, -0.25) is 15.7 Å². The highest BCUT2D eigenvalue weighted by molar-refractivity contribution is 9.10. The fraction of sp³-hybridized carbons (Fsp3) is 0.444. The van der Waals surface area contributed by atoms with Gasteiger partial charge in [0, 0.05) is 11.8 Å². The summed E-state index contributed by atoms with van der Waals surface area (Å²) in [6, 6.07) is 4.61. The van der Waals surface area contributed by atoms with E-state index in [0.717, 1.165) is 12.8 Å². The Bertz CT molecular complexity index is 902. The van der Waals surface area contributed by atoms with Crippen molar-refractivity contribution in [3.05, 3.63) is 34.2 Å². The lowest BCUT2D eigenvalue weighted by molar-refractivity contribution is 0.234. The van der Waals surface area contributed by atoms with Gasteiger partial charge in [-0.05, 0) is 57.3 Å². The zero-order valence-corrected chi connectivity index (χ0v) is 18.5. The van der Waals surface area contributed by atoms with Gasteiger partial charge in [-0.1, -0.05) is 31.0 Å². The van der Waals surface area contributed by atoms with Gasteiger partial charge in [0.2, 0.25) is 0 Å². The highest BCUT2D eigenvalue weighted by Crippen LogP contribution is 2.24. The molecule has 30 heavy (non-hydrogen) atoms. The van der Waals surface area contributed by atoms with Gasteiger partial charge in [0.1, 0.15) is 5.82 Å². The molecule has 3 rings (SSSR count). The SMILES string of the molecule is NC(=NCCSc1nonc1C(=Nc1ccc(F)c(Br)c1)NO)NC1CCCCC1. The maximum Gasteiger partial charge on any atom is 0.188 e. The number of hydrogen-bond donors (Lipinski definition) is 4. The average molecular weight is 500 g/mol. The van der Waals surface area contributed by atoms with Crippen LogP contribution in [0.25, 0.3) is 0 Å². The summed E-state index contributed by atoms with van der Waals surface area (Å²) in [5, 5.41) is 20.8. The van der Waals surface area contributed by atoms with E-state index in [2.05, 4.69) is 41.5 Å². The highest BCUT2D eigenvalue weighted by Gasteiger charge is 2.17. The van der Waals surface area contributed by atoms with Crippen LogP contribution in [0, 0.1) is 5.82 Å². The molecule has 2 aromatic rings. The van der Waals surface area contributed by atoms with Crippen LogP contribution < -0.4 is 16.5 Å². The molecule has 1 fully saturated rings. The second-order valence-electron chi connectivity index (χ2n) is 6.68. The van der Waals surface area contributed by atoms with Crippen LogP contribution in [0.2, 0.25) is 0 Å². The third-order valence-corrected chi connectivity index (χ3v) is 6.04. The molecule has 0 unspecified atom stereocenters. The summed E-state index contributed by atoms with van der Waals surface area (Å²) < 4.78 is 18.4. The molecule has 9 nitrogen and oxygen atoms in total. The Morgan fingerprint density at radius 2 is 2.13 bits per heavy atom. The Labute approximate surface area is 185 Å². The average Bonchev–Trinajstić information content (AvgIpc) is 3.21. The summed E-state index contributed by atoms with van der Waals surface area (Å²) in [4.78, 5) is 8.57.